The summed E-state index contributed by atoms with van der Waals surface area (Å²) in [5.74, 6) is 2.15. The number of nitrogens with one attached hydrogen (secondary N) is 1. The minimum Gasteiger partial charge on any atom is -0.497 e. The second-order valence-electron chi connectivity index (χ2n) is 6.33. The van der Waals surface area contributed by atoms with E-state index in [1.165, 1.54) is 11.3 Å². The van der Waals surface area contributed by atoms with Crippen molar-refractivity contribution in [2.45, 2.75) is 18.7 Å². The van der Waals surface area contributed by atoms with Gasteiger partial charge in [0.25, 0.3) is 5.91 Å². The Morgan fingerprint density at radius 2 is 2.10 bits per heavy atom. The molecule has 0 saturated carbocycles. The number of ether oxygens (including phenoxy) is 1. The average Bonchev–Trinajstić information content (AvgIpc) is 3.30. The SMILES string of the molecule is CCSc1cccc(C(=O)Nc2cc(C)nn2-c2nc3ccc(OC)cc3s2)c1. The van der Waals surface area contributed by atoms with E-state index in [4.69, 9.17) is 4.74 Å². The summed E-state index contributed by atoms with van der Waals surface area (Å²) in [7, 11) is 1.64. The van der Waals surface area contributed by atoms with E-state index in [9.17, 15) is 4.79 Å². The predicted octanol–water partition coefficient (Wildman–Crippen LogP) is 5.16. The molecule has 8 heteroatoms. The third-order valence-corrected chi connectivity index (χ3v) is 6.12. The molecule has 29 heavy (non-hydrogen) atoms. The molecule has 0 unspecified atom stereocenters. The monoisotopic (exact) mass is 424 g/mol. The van der Waals surface area contributed by atoms with Crippen molar-refractivity contribution in [2.24, 2.45) is 0 Å². The van der Waals surface area contributed by atoms with Gasteiger partial charge in [0.1, 0.15) is 11.6 Å². The number of rotatable bonds is 6. The molecule has 0 aliphatic carbocycles. The fourth-order valence-electron chi connectivity index (χ4n) is 2.93. The number of amides is 1. The minimum absolute atomic E-state index is 0.174. The first-order valence-electron chi connectivity index (χ1n) is 9.13. The summed E-state index contributed by atoms with van der Waals surface area (Å²) in [4.78, 5) is 18.6. The lowest BCUT2D eigenvalue weighted by Crippen LogP contribution is -2.15. The molecule has 1 N–H and O–H groups in total. The van der Waals surface area contributed by atoms with Crippen LogP contribution >= 0.6 is 23.1 Å². The van der Waals surface area contributed by atoms with Gasteiger partial charge in [-0.3, -0.25) is 4.79 Å². The molecule has 0 spiro atoms. The summed E-state index contributed by atoms with van der Waals surface area (Å²) >= 11 is 3.20. The highest BCUT2D eigenvalue weighted by Crippen LogP contribution is 2.30. The topological polar surface area (TPSA) is 69.0 Å². The van der Waals surface area contributed by atoms with Gasteiger partial charge in [0.15, 0.2) is 0 Å². The van der Waals surface area contributed by atoms with E-state index in [1.54, 1.807) is 23.6 Å². The van der Waals surface area contributed by atoms with Gasteiger partial charge >= 0.3 is 0 Å². The summed E-state index contributed by atoms with van der Waals surface area (Å²) in [6.07, 6.45) is 0. The molecule has 0 fully saturated rings. The number of thioether (sulfide) groups is 1. The molecular formula is C21H20N4O2S2. The molecule has 4 aromatic rings. The van der Waals surface area contributed by atoms with Crippen LogP contribution in [-0.4, -0.2) is 33.5 Å². The van der Waals surface area contributed by atoms with Crippen molar-refractivity contribution in [3.63, 3.8) is 0 Å². The number of nitrogens with zero attached hydrogens (tertiary/aromatic N) is 3. The predicted molar refractivity (Wildman–Crippen MR) is 119 cm³/mol. The van der Waals surface area contributed by atoms with Gasteiger partial charge in [-0.2, -0.15) is 9.78 Å². The van der Waals surface area contributed by atoms with Crippen LogP contribution in [0.15, 0.2) is 53.4 Å². The van der Waals surface area contributed by atoms with Crippen molar-refractivity contribution in [3.05, 3.63) is 59.8 Å². The van der Waals surface area contributed by atoms with Crippen LogP contribution in [0.25, 0.3) is 15.3 Å². The van der Waals surface area contributed by atoms with Crippen LogP contribution in [-0.2, 0) is 0 Å². The van der Waals surface area contributed by atoms with E-state index in [0.29, 0.717) is 16.5 Å². The molecule has 0 radical (unpaired) electrons. The molecule has 2 heterocycles. The Hall–Kier alpha value is -2.84. The number of carbonyl (C=O) groups is 1. The van der Waals surface area contributed by atoms with Gasteiger partial charge in [0, 0.05) is 16.5 Å². The Balaban J connectivity index is 1.65. The number of hydrogen-bond acceptors (Lipinski definition) is 6. The van der Waals surface area contributed by atoms with Crippen molar-refractivity contribution < 1.29 is 9.53 Å². The van der Waals surface area contributed by atoms with Crippen LogP contribution in [0, 0.1) is 6.92 Å². The lowest BCUT2D eigenvalue weighted by molar-refractivity contribution is 0.102. The van der Waals surface area contributed by atoms with Crippen LogP contribution < -0.4 is 10.1 Å². The Kier molecular flexibility index (Phi) is 5.55. The standard InChI is InChI=1S/C21H20N4O2S2/c1-4-28-16-7-5-6-14(11-16)20(26)23-19-10-13(2)24-25(19)21-22-17-9-8-15(27-3)12-18(17)29-21/h5-12H,4H2,1-3H3,(H,23,26). The molecular weight excluding hydrogens is 404 g/mol. The second kappa shape index (κ2) is 8.26. The maximum absolute atomic E-state index is 12.8. The summed E-state index contributed by atoms with van der Waals surface area (Å²) in [6, 6.07) is 15.2. The van der Waals surface area contributed by atoms with Crippen LogP contribution in [0.4, 0.5) is 5.82 Å². The zero-order chi connectivity index (χ0) is 20.4. The first-order chi connectivity index (χ1) is 14.1. The van der Waals surface area contributed by atoms with E-state index in [-0.39, 0.29) is 5.91 Å². The number of aromatic nitrogens is 3. The molecule has 0 aliphatic rings. The summed E-state index contributed by atoms with van der Waals surface area (Å²) in [5, 5.41) is 8.19. The Morgan fingerprint density at radius 1 is 1.24 bits per heavy atom. The highest BCUT2D eigenvalue weighted by molar-refractivity contribution is 7.99. The van der Waals surface area contributed by atoms with Gasteiger partial charge in [-0.05, 0) is 49.1 Å². The maximum Gasteiger partial charge on any atom is 0.256 e. The second-order valence-corrected chi connectivity index (χ2v) is 8.67. The van der Waals surface area contributed by atoms with Crippen LogP contribution in [0.2, 0.25) is 0 Å². The number of thiazole rings is 1. The normalized spacial score (nSPS) is 11.0. The van der Waals surface area contributed by atoms with Gasteiger partial charge in [0.2, 0.25) is 5.13 Å². The van der Waals surface area contributed by atoms with Crippen molar-refractivity contribution in [2.75, 3.05) is 18.2 Å². The third kappa shape index (κ3) is 4.13. The van der Waals surface area contributed by atoms with Crippen LogP contribution in [0.5, 0.6) is 5.75 Å². The number of fused-ring (bicyclic) bond motifs is 1. The highest BCUT2D eigenvalue weighted by atomic mass is 32.2. The van der Waals surface area contributed by atoms with E-state index in [2.05, 4.69) is 22.3 Å². The van der Waals surface area contributed by atoms with Crippen LogP contribution in [0.3, 0.4) is 0 Å². The summed E-state index contributed by atoms with van der Waals surface area (Å²) in [5.41, 5.74) is 2.27. The first kappa shape index (κ1) is 19.5. The minimum atomic E-state index is -0.174. The van der Waals surface area contributed by atoms with E-state index in [0.717, 1.165) is 32.3 Å². The fourth-order valence-corrected chi connectivity index (χ4v) is 4.61. The number of anilines is 1. The molecule has 0 atom stereocenters. The third-order valence-electron chi connectivity index (χ3n) is 4.25. The van der Waals surface area contributed by atoms with E-state index < -0.39 is 0 Å². The number of benzene rings is 2. The van der Waals surface area contributed by atoms with Gasteiger partial charge in [-0.1, -0.05) is 24.3 Å². The fraction of sp³-hybridized carbons (Fsp3) is 0.190. The maximum atomic E-state index is 12.8. The highest BCUT2D eigenvalue weighted by Gasteiger charge is 2.16. The largest absolute Gasteiger partial charge is 0.497 e. The number of methoxy groups -OCH3 is 1. The molecule has 4 rings (SSSR count). The van der Waals surface area contributed by atoms with Crippen molar-refractivity contribution >= 4 is 45.0 Å². The summed E-state index contributed by atoms with van der Waals surface area (Å²) < 4.78 is 7.96. The molecule has 1 amide bonds. The lowest BCUT2D eigenvalue weighted by Gasteiger charge is -2.07. The summed E-state index contributed by atoms with van der Waals surface area (Å²) in [6.45, 7) is 3.98. The molecule has 6 nitrogen and oxygen atoms in total. The quantitative estimate of drug-likeness (QED) is 0.433. The van der Waals surface area contributed by atoms with E-state index >= 15 is 0 Å². The molecule has 148 valence electrons. The zero-order valence-electron chi connectivity index (χ0n) is 16.3. The van der Waals surface area contributed by atoms with Crippen molar-refractivity contribution in [1.29, 1.82) is 0 Å². The smallest absolute Gasteiger partial charge is 0.256 e. The zero-order valence-corrected chi connectivity index (χ0v) is 17.9. The Bertz CT molecular complexity index is 1180. The molecule has 0 saturated heterocycles. The number of aryl methyl sites for hydroxylation is 1. The van der Waals surface area contributed by atoms with Gasteiger partial charge in [0.05, 0.1) is 23.0 Å². The van der Waals surface area contributed by atoms with Gasteiger partial charge < -0.3 is 10.1 Å². The Morgan fingerprint density at radius 3 is 2.90 bits per heavy atom. The van der Waals surface area contributed by atoms with E-state index in [1.807, 2.05) is 55.5 Å². The van der Waals surface area contributed by atoms with Gasteiger partial charge in [-0.25, -0.2) is 4.98 Å². The molecule has 2 aromatic heterocycles. The lowest BCUT2D eigenvalue weighted by atomic mass is 10.2. The number of carbonyl (C=O) groups excluding carboxylic acids is 1. The molecule has 0 bridgehead atoms. The average molecular weight is 425 g/mol. The van der Waals surface area contributed by atoms with Gasteiger partial charge in [-0.15, -0.1) is 11.8 Å². The van der Waals surface area contributed by atoms with Crippen molar-refractivity contribution in [3.8, 4) is 10.9 Å². The Labute approximate surface area is 176 Å². The first-order valence-corrected chi connectivity index (χ1v) is 10.9. The molecule has 0 aliphatic heterocycles. The van der Waals surface area contributed by atoms with Crippen molar-refractivity contribution in [1.82, 2.24) is 14.8 Å². The molecule has 2 aromatic carbocycles. The van der Waals surface area contributed by atoms with Crippen LogP contribution in [0.1, 0.15) is 23.0 Å². The number of hydrogen-bond donors (Lipinski definition) is 1.